The molecule has 0 N–H and O–H groups in total. The summed E-state index contributed by atoms with van der Waals surface area (Å²) < 4.78 is 0. The van der Waals surface area contributed by atoms with Crippen molar-refractivity contribution in [2.24, 2.45) is 0 Å². The molecule has 1 saturated heterocycles. The Hall–Kier alpha value is -2.69. The Labute approximate surface area is 140 Å². The lowest BCUT2D eigenvalue weighted by atomic mass is 9.85. The molecule has 1 atom stereocenters. The van der Waals surface area contributed by atoms with Crippen molar-refractivity contribution in [3.05, 3.63) is 59.9 Å². The number of aromatic nitrogens is 1. The van der Waals surface area contributed by atoms with Crippen LogP contribution in [0.2, 0.25) is 0 Å². The first-order valence-corrected chi connectivity index (χ1v) is 8.19. The Morgan fingerprint density at radius 1 is 1.17 bits per heavy atom. The fourth-order valence-corrected chi connectivity index (χ4v) is 3.57. The van der Waals surface area contributed by atoms with Gasteiger partial charge in [0.15, 0.2) is 0 Å². The maximum Gasteiger partial charge on any atom is 0.230 e. The zero-order chi connectivity index (χ0) is 16.7. The minimum absolute atomic E-state index is 0.00335. The maximum atomic E-state index is 12.9. The molecule has 0 spiro atoms. The number of nitrogens with zero attached hydrogens (tertiary/aromatic N) is 3. The van der Waals surface area contributed by atoms with Crippen LogP contribution in [0.25, 0.3) is 0 Å². The lowest BCUT2D eigenvalue weighted by Gasteiger charge is -2.42. The number of likely N-dealkylation sites (tertiary alicyclic amines) is 1. The molecule has 1 aromatic carbocycles. The van der Waals surface area contributed by atoms with Crippen LogP contribution in [0.4, 0.5) is 5.69 Å². The number of pyridine rings is 1. The van der Waals surface area contributed by atoms with Gasteiger partial charge >= 0.3 is 0 Å². The molecule has 2 aromatic rings. The molecule has 2 aliphatic rings. The summed E-state index contributed by atoms with van der Waals surface area (Å²) in [5.41, 5.74) is 2.97. The van der Waals surface area contributed by atoms with E-state index >= 15 is 0 Å². The van der Waals surface area contributed by atoms with Crippen molar-refractivity contribution in [3.8, 4) is 0 Å². The molecule has 5 nitrogen and oxygen atoms in total. The van der Waals surface area contributed by atoms with Gasteiger partial charge in [0, 0.05) is 50.6 Å². The maximum absolute atomic E-state index is 12.9. The van der Waals surface area contributed by atoms with Crippen molar-refractivity contribution in [3.63, 3.8) is 0 Å². The second kappa shape index (κ2) is 5.74. The van der Waals surface area contributed by atoms with Crippen LogP contribution in [-0.4, -0.2) is 41.8 Å². The first kappa shape index (κ1) is 14.9. The summed E-state index contributed by atoms with van der Waals surface area (Å²) in [4.78, 5) is 32.8. The smallest absolute Gasteiger partial charge is 0.230 e. The highest BCUT2D eigenvalue weighted by molar-refractivity contribution is 6.02. The van der Waals surface area contributed by atoms with Crippen LogP contribution in [0.15, 0.2) is 48.8 Å². The van der Waals surface area contributed by atoms with Crippen molar-refractivity contribution in [1.82, 2.24) is 9.88 Å². The lowest BCUT2D eigenvalue weighted by Crippen LogP contribution is -2.51. The minimum atomic E-state index is -0.361. The predicted molar refractivity (Wildman–Crippen MR) is 90.8 cm³/mol. The van der Waals surface area contributed by atoms with Crippen molar-refractivity contribution < 1.29 is 9.59 Å². The molecule has 1 unspecified atom stereocenters. The fourth-order valence-electron chi connectivity index (χ4n) is 3.57. The van der Waals surface area contributed by atoms with Crippen molar-refractivity contribution >= 4 is 17.5 Å². The number of carbonyl (C=O) groups is 2. The van der Waals surface area contributed by atoms with Gasteiger partial charge in [0.1, 0.15) is 0 Å². The average Bonchev–Trinajstić information content (AvgIpc) is 2.58. The molecule has 2 amide bonds. The highest BCUT2D eigenvalue weighted by Crippen LogP contribution is 2.38. The first-order valence-electron chi connectivity index (χ1n) is 8.19. The molecule has 24 heavy (non-hydrogen) atoms. The van der Waals surface area contributed by atoms with E-state index in [0.717, 1.165) is 11.3 Å². The minimum Gasteiger partial charge on any atom is -0.341 e. The molecule has 1 fully saturated rings. The van der Waals surface area contributed by atoms with E-state index in [2.05, 4.69) is 4.98 Å². The molecule has 0 aliphatic carbocycles. The molecule has 5 heteroatoms. The van der Waals surface area contributed by atoms with Crippen molar-refractivity contribution in [2.75, 3.05) is 25.0 Å². The number of rotatable bonds is 2. The summed E-state index contributed by atoms with van der Waals surface area (Å²) in [6.45, 7) is 1.40. The largest absolute Gasteiger partial charge is 0.341 e. The molecule has 3 heterocycles. The Bertz CT molecular complexity index is 784. The molecule has 0 saturated carbocycles. The number of fused-ring (bicyclic) bond motifs is 1. The van der Waals surface area contributed by atoms with Gasteiger partial charge in [-0.05, 0) is 23.3 Å². The standard InChI is InChI=1S/C19H19N3O2/c1-21-17-7-3-2-6-15(17)16(9-18(21)23)19(24)22-11-14(12-22)13-5-4-8-20-10-13/h2-8,10,14,16H,9,11-12H2,1H3. The predicted octanol–water partition coefficient (Wildman–Crippen LogP) is 2.16. The molecule has 0 radical (unpaired) electrons. The zero-order valence-corrected chi connectivity index (χ0v) is 13.6. The van der Waals surface area contributed by atoms with Gasteiger partial charge in [-0.15, -0.1) is 0 Å². The number of hydrogen-bond acceptors (Lipinski definition) is 3. The summed E-state index contributed by atoms with van der Waals surface area (Å²) in [5, 5.41) is 0. The second-order valence-corrected chi connectivity index (χ2v) is 6.49. The van der Waals surface area contributed by atoms with Gasteiger partial charge in [0.05, 0.1) is 5.92 Å². The van der Waals surface area contributed by atoms with Gasteiger partial charge < -0.3 is 9.80 Å². The van der Waals surface area contributed by atoms with Crippen LogP contribution in [0.1, 0.15) is 29.4 Å². The van der Waals surface area contributed by atoms with Crippen molar-refractivity contribution in [1.29, 1.82) is 0 Å². The van der Waals surface area contributed by atoms with E-state index in [1.54, 1.807) is 18.1 Å². The van der Waals surface area contributed by atoms with E-state index in [9.17, 15) is 9.59 Å². The van der Waals surface area contributed by atoms with E-state index < -0.39 is 0 Å². The number of carbonyl (C=O) groups excluding carboxylic acids is 2. The zero-order valence-electron chi connectivity index (χ0n) is 13.6. The van der Waals surface area contributed by atoms with Crippen LogP contribution in [0.5, 0.6) is 0 Å². The van der Waals surface area contributed by atoms with Gasteiger partial charge in [-0.2, -0.15) is 0 Å². The average molecular weight is 321 g/mol. The summed E-state index contributed by atoms with van der Waals surface area (Å²) in [5.74, 6) is 0.0417. The third kappa shape index (κ3) is 2.37. The van der Waals surface area contributed by atoms with Crippen molar-refractivity contribution in [2.45, 2.75) is 18.3 Å². The summed E-state index contributed by atoms with van der Waals surface area (Å²) >= 11 is 0. The monoisotopic (exact) mass is 321 g/mol. The highest BCUT2D eigenvalue weighted by atomic mass is 16.2. The van der Waals surface area contributed by atoms with E-state index in [4.69, 9.17) is 0 Å². The van der Waals surface area contributed by atoms with Crippen LogP contribution >= 0.6 is 0 Å². The van der Waals surface area contributed by atoms with E-state index in [1.807, 2.05) is 47.5 Å². The Balaban J connectivity index is 1.52. The summed E-state index contributed by atoms with van der Waals surface area (Å²) in [6, 6.07) is 11.7. The van der Waals surface area contributed by atoms with E-state index in [1.165, 1.54) is 5.56 Å². The van der Waals surface area contributed by atoms with Gasteiger partial charge in [-0.1, -0.05) is 24.3 Å². The number of hydrogen-bond donors (Lipinski definition) is 0. The summed E-state index contributed by atoms with van der Waals surface area (Å²) in [7, 11) is 1.77. The normalized spacial score (nSPS) is 20.5. The molecule has 2 aliphatic heterocycles. The highest BCUT2D eigenvalue weighted by Gasteiger charge is 2.40. The Kier molecular flexibility index (Phi) is 3.56. The molecular weight excluding hydrogens is 302 g/mol. The van der Waals surface area contributed by atoms with Gasteiger partial charge in [0.25, 0.3) is 0 Å². The Morgan fingerprint density at radius 2 is 1.96 bits per heavy atom. The number of benzene rings is 1. The topological polar surface area (TPSA) is 53.5 Å². The second-order valence-electron chi connectivity index (χ2n) is 6.49. The molecule has 4 rings (SSSR count). The Morgan fingerprint density at radius 3 is 2.71 bits per heavy atom. The molecule has 1 aromatic heterocycles. The third-order valence-electron chi connectivity index (χ3n) is 5.07. The number of amides is 2. The first-order chi connectivity index (χ1) is 11.6. The SMILES string of the molecule is CN1C(=O)CC(C(=O)N2CC(c3cccnc3)C2)c2ccccc21. The van der Waals surface area contributed by atoms with E-state index in [-0.39, 0.29) is 24.2 Å². The van der Waals surface area contributed by atoms with Crippen LogP contribution in [0.3, 0.4) is 0 Å². The van der Waals surface area contributed by atoms with E-state index in [0.29, 0.717) is 19.0 Å². The third-order valence-corrected chi connectivity index (χ3v) is 5.07. The van der Waals surface area contributed by atoms with Gasteiger partial charge in [-0.3, -0.25) is 14.6 Å². The van der Waals surface area contributed by atoms with Crippen LogP contribution in [-0.2, 0) is 9.59 Å². The molecule has 0 bridgehead atoms. The van der Waals surface area contributed by atoms with Gasteiger partial charge in [0.2, 0.25) is 11.8 Å². The quantitative estimate of drug-likeness (QED) is 0.852. The lowest BCUT2D eigenvalue weighted by molar-refractivity contribution is -0.139. The number of anilines is 1. The summed E-state index contributed by atoms with van der Waals surface area (Å²) in [6.07, 6.45) is 3.87. The van der Waals surface area contributed by atoms with Gasteiger partial charge in [-0.25, -0.2) is 0 Å². The number of para-hydroxylation sites is 1. The van der Waals surface area contributed by atoms with Crippen LogP contribution in [0, 0.1) is 0 Å². The fraction of sp³-hybridized carbons (Fsp3) is 0.316. The molecule has 122 valence electrons. The molecular formula is C19H19N3O2. The van der Waals surface area contributed by atoms with Crippen LogP contribution < -0.4 is 4.90 Å².